The molecule has 122 valence electrons. The molecule has 0 amide bonds. The topological polar surface area (TPSA) is 70.1 Å². The number of aryl methyl sites for hydroxylation is 1. The van der Waals surface area contributed by atoms with Crippen molar-refractivity contribution in [2.24, 2.45) is 0 Å². The van der Waals surface area contributed by atoms with Gasteiger partial charge < -0.3 is 15.7 Å². The van der Waals surface area contributed by atoms with Gasteiger partial charge in [-0.15, -0.1) is 0 Å². The molecule has 1 aliphatic carbocycles. The van der Waals surface area contributed by atoms with Crippen molar-refractivity contribution in [3.05, 3.63) is 40.0 Å². The summed E-state index contributed by atoms with van der Waals surface area (Å²) in [5, 5.41) is 15.7. The number of benzene rings is 1. The number of hydrogen-bond donors (Lipinski definition) is 3. The lowest BCUT2D eigenvalue weighted by Gasteiger charge is -2.14. The molecule has 3 N–H and O–H groups in total. The number of aliphatic hydroxyl groups excluding tert-OH is 1. The number of halogens is 1. The predicted octanol–water partition coefficient (Wildman–Crippen LogP) is 3.96. The molecule has 1 aromatic heterocycles. The van der Waals surface area contributed by atoms with E-state index in [4.69, 9.17) is 0 Å². The number of aromatic nitrogens is 2. The minimum Gasteiger partial charge on any atom is -0.394 e. The minimum absolute atomic E-state index is 0.0449. The maximum absolute atomic E-state index is 9.21. The van der Waals surface area contributed by atoms with Crippen molar-refractivity contribution < 1.29 is 5.11 Å². The quantitative estimate of drug-likeness (QED) is 0.711. The van der Waals surface area contributed by atoms with E-state index in [1.165, 1.54) is 18.4 Å². The van der Waals surface area contributed by atoms with Crippen LogP contribution in [0.1, 0.15) is 36.9 Å². The molecule has 1 heterocycles. The van der Waals surface area contributed by atoms with Crippen molar-refractivity contribution in [2.45, 2.75) is 38.6 Å². The Labute approximate surface area is 144 Å². The van der Waals surface area contributed by atoms with E-state index in [0.717, 1.165) is 21.7 Å². The lowest BCUT2D eigenvalue weighted by atomic mass is 10.2. The molecule has 1 aliphatic rings. The Morgan fingerprint density at radius 1 is 1.30 bits per heavy atom. The summed E-state index contributed by atoms with van der Waals surface area (Å²) < 4.78 is 1.00. The van der Waals surface area contributed by atoms with Crippen molar-refractivity contribution >= 4 is 33.4 Å². The maximum atomic E-state index is 9.21. The summed E-state index contributed by atoms with van der Waals surface area (Å²) >= 11 is 3.58. The molecule has 6 heteroatoms. The van der Waals surface area contributed by atoms with Crippen LogP contribution in [0.2, 0.25) is 0 Å². The highest BCUT2D eigenvalue weighted by molar-refractivity contribution is 9.10. The Morgan fingerprint density at radius 2 is 2.09 bits per heavy atom. The first-order valence-electron chi connectivity index (χ1n) is 7.84. The van der Waals surface area contributed by atoms with Gasteiger partial charge in [0, 0.05) is 22.5 Å². The van der Waals surface area contributed by atoms with E-state index in [9.17, 15) is 5.11 Å². The van der Waals surface area contributed by atoms with Crippen LogP contribution < -0.4 is 10.6 Å². The summed E-state index contributed by atoms with van der Waals surface area (Å²) in [5.41, 5.74) is 3.22. The Morgan fingerprint density at radius 3 is 2.74 bits per heavy atom. The van der Waals surface area contributed by atoms with Crippen molar-refractivity contribution in [1.29, 1.82) is 0 Å². The van der Waals surface area contributed by atoms with Crippen LogP contribution in [-0.2, 0) is 0 Å². The van der Waals surface area contributed by atoms with Crippen LogP contribution in [0.25, 0.3) is 0 Å². The molecule has 0 radical (unpaired) electrons. The maximum Gasteiger partial charge on any atom is 0.225 e. The van der Waals surface area contributed by atoms with Gasteiger partial charge in [-0.2, -0.15) is 4.98 Å². The standard InChI is InChI=1S/C17H21BrN4O/c1-10-3-6-14(13(18)7-10)20-16-8-15(12-4-5-12)21-17(22-16)19-11(2)9-23/h3,6-8,11-12,23H,4-5,9H2,1-2H3,(H2,19,20,21,22)/t11-/m0/s1. The zero-order chi connectivity index (χ0) is 16.4. The van der Waals surface area contributed by atoms with Crippen molar-refractivity contribution in [1.82, 2.24) is 9.97 Å². The summed E-state index contributed by atoms with van der Waals surface area (Å²) in [6.07, 6.45) is 2.36. The third-order valence-electron chi connectivity index (χ3n) is 3.78. The average Bonchev–Trinajstić information content (AvgIpc) is 3.34. The molecule has 0 aliphatic heterocycles. The van der Waals surface area contributed by atoms with Gasteiger partial charge in [-0.05, 0) is 60.3 Å². The fraction of sp³-hybridized carbons (Fsp3) is 0.412. The highest BCUT2D eigenvalue weighted by atomic mass is 79.9. The number of rotatable bonds is 6. The van der Waals surface area contributed by atoms with E-state index in [2.05, 4.69) is 55.6 Å². The number of hydrogen-bond acceptors (Lipinski definition) is 5. The summed E-state index contributed by atoms with van der Waals surface area (Å²) in [7, 11) is 0. The second-order valence-corrected chi connectivity index (χ2v) is 6.97. The van der Waals surface area contributed by atoms with Crippen LogP contribution in [0.3, 0.4) is 0 Å². The second kappa shape index (κ2) is 6.84. The molecule has 3 rings (SSSR count). The minimum atomic E-state index is -0.0802. The molecule has 1 saturated carbocycles. The number of aliphatic hydroxyl groups is 1. The highest BCUT2D eigenvalue weighted by Crippen LogP contribution is 2.40. The average molecular weight is 377 g/mol. The molecule has 0 bridgehead atoms. The molecule has 1 atom stereocenters. The SMILES string of the molecule is Cc1ccc(Nc2cc(C3CC3)nc(N[C@@H](C)CO)n2)c(Br)c1. The third-order valence-corrected chi connectivity index (χ3v) is 4.43. The lowest BCUT2D eigenvalue weighted by molar-refractivity contribution is 0.281. The third kappa shape index (κ3) is 4.20. The number of nitrogens with zero attached hydrogens (tertiary/aromatic N) is 2. The Bertz CT molecular complexity index is 703. The van der Waals surface area contributed by atoms with E-state index in [1.54, 1.807) is 0 Å². The fourth-order valence-corrected chi connectivity index (χ4v) is 2.90. The molecule has 23 heavy (non-hydrogen) atoms. The zero-order valence-corrected chi connectivity index (χ0v) is 14.9. The van der Waals surface area contributed by atoms with Crippen LogP contribution in [-0.4, -0.2) is 27.7 Å². The predicted molar refractivity (Wildman–Crippen MR) is 96.3 cm³/mol. The summed E-state index contributed by atoms with van der Waals surface area (Å²) in [6, 6.07) is 8.09. The lowest BCUT2D eigenvalue weighted by Crippen LogP contribution is -2.21. The second-order valence-electron chi connectivity index (χ2n) is 6.11. The van der Waals surface area contributed by atoms with E-state index >= 15 is 0 Å². The molecule has 0 unspecified atom stereocenters. The first-order chi connectivity index (χ1) is 11.0. The van der Waals surface area contributed by atoms with E-state index in [-0.39, 0.29) is 12.6 Å². The Kier molecular flexibility index (Phi) is 4.82. The van der Waals surface area contributed by atoms with Crippen molar-refractivity contribution in [3.8, 4) is 0 Å². The van der Waals surface area contributed by atoms with E-state index in [1.807, 2.05) is 19.1 Å². The van der Waals surface area contributed by atoms with Crippen molar-refractivity contribution in [2.75, 3.05) is 17.2 Å². The summed E-state index contributed by atoms with van der Waals surface area (Å²) in [6.45, 7) is 4.00. The highest BCUT2D eigenvalue weighted by Gasteiger charge is 2.26. The summed E-state index contributed by atoms with van der Waals surface area (Å²) in [5.74, 6) is 1.85. The molecule has 0 spiro atoms. The molecule has 1 aromatic carbocycles. The van der Waals surface area contributed by atoms with E-state index in [0.29, 0.717) is 11.9 Å². The molecule has 2 aromatic rings. The van der Waals surface area contributed by atoms with Gasteiger partial charge in [0.25, 0.3) is 0 Å². The van der Waals surface area contributed by atoms with Gasteiger partial charge in [-0.25, -0.2) is 4.98 Å². The van der Waals surface area contributed by atoms with Gasteiger partial charge >= 0.3 is 0 Å². The van der Waals surface area contributed by atoms with Crippen LogP contribution in [0.15, 0.2) is 28.7 Å². The first-order valence-corrected chi connectivity index (χ1v) is 8.64. The first kappa shape index (κ1) is 16.2. The van der Waals surface area contributed by atoms with Crippen LogP contribution in [0.5, 0.6) is 0 Å². The van der Waals surface area contributed by atoms with Gasteiger partial charge in [0.2, 0.25) is 5.95 Å². The smallest absolute Gasteiger partial charge is 0.225 e. The molecular formula is C17H21BrN4O. The normalized spacial score (nSPS) is 15.3. The van der Waals surface area contributed by atoms with Crippen LogP contribution in [0.4, 0.5) is 17.5 Å². The molecule has 0 saturated heterocycles. The van der Waals surface area contributed by atoms with Crippen molar-refractivity contribution in [3.63, 3.8) is 0 Å². The molecule has 5 nitrogen and oxygen atoms in total. The van der Waals surface area contributed by atoms with E-state index < -0.39 is 0 Å². The number of nitrogens with one attached hydrogen (secondary N) is 2. The van der Waals surface area contributed by atoms with Gasteiger partial charge in [0.15, 0.2) is 0 Å². The van der Waals surface area contributed by atoms with Gasteiger partial charge in [-0.3, -0.25) is 0 Å². The summed E-state index contributed by atoms with van der Waals surface area (Å²) in [4.78, 5) is 9.10. The zero-order valence-electron chi connectivity index (χ0n) is 13.3. The Hall–Kier alpha value is -1.66. The van der Waals surface area contributed by atoms with Crippen LogP contribution in [0, 0.1) is 6.92 Å². The number of anilines is 3. The van der Waals surface area contributed by atoms with Gasteiger partial charge in [0.05, 0.1) is 18.0 Å². The Balaban J connectivity index is 1.87. The monoisotopic (exact) mass is 376 g/mol. The van der Waals surface area contributed by atoms with Crippen LogP contribution >= 0.6 is 15.9 Å². The largest absolute Gasteiger partial charge is 0.394 e. The molecular weight excluding hydrogens is 356 g/mol. The molecule has 1 fully saturated rings. The van der Waals surface area contributed by atoms with Gasteiger partial charge in [-0.1, -0.05) is 6.07 Å². The fourth-order valence-electron chi connectivity index (χ4n) is 2.31. The van der Waals surface area contributed by atoms with Gasteiger partial charge in [0.1, 0.15) is 5.82 Å².